The van der Waals surface area contributed by atoms with Crippen LogP contribution in [-0.4, -0.2) is 33.7 Å². The molecule has 2 N–H and O–H groups in total. The number of amides is 3. The Kier molecular flexibility index (Phi) is 4.41. The van der Waals surface area contributed by atoms with Crippen LogP contribution in [0, 0.1) is 0 Å². The van der Waals surface area contributed by atoms with Gasteiger partial charge in [-0.05, 0) is 30.3 Å². The summed E-state index contributed by atoms with van der Waals surface area (Å²) in [4.78, 5) is 39.4. The third-order valence-corrected chi connectivity index (χ3v) is 5.44. The summed E-state index contributed by atoms with van der Waals surface area (Å²) in [5.41, 5.74) is 6.96. The zero-order valence-electron chi connectivity index (χ0n) is 14.2. The Morgan fingerprint density at radius 1 is 1.00 bits per heavy atom. The predicted octanol–water partition coefficient (Wildman–Crippen LogP) is 2.24. The molecule has 2 aromatic rings. The van der Waals surface area contributed by atoms with E-state index in [-0.39, 0.29) is 36.4 Å². The summed E-state index contributed by atoms with van der Waals surface area (Å²) in [7, 11) is 0. The number of hydrogen-bond acceptors (Lipinski definition) is 6. The summed E-state index contributed by atoms with van der Waals surface area (Å²) in [6.45, 7) is 0. The number of carbonyl (C=O) groups excluding carboxylic acids is 3. The molecule has 27 heavy (non-hydrogen) atoms. The highest BCUT2D eigenvalue weighted by Crippen LogP contribution is 2.33. The first-order valence-electron chi connectivity index (χ1n) is 8.37. The van der Waals surface area contributed by atoms with E-state index >= 15 is 0 Å². The Balaban J connectivity index is 1.55. The Morgan fingerprint density at radius 3 is 2.52 bits per heavy atom. The van der Waals surface area contributed by atoms with Crippen molar-refractivity contribution in [3.63, 3.8) is 0 Å². The maximum absolute atomic E-state index is 12.8. The fourth-order valence-corrected chi connectivity index (χ4v) is 4.15. The van der Waals surface area contributed by atoms with Gasteiger partial charge in [0.1, 0.15) is 5.84 Å². The first kappa shape index (κ1) is 17.3. The molecule has 136 valence electrons. The number of likely N-dealkylation sites (tertiary alicyclic amines) is 1. The maximum atomic E-state index is 12.8. The minimum Gasteiger partial charge on any atom is -0.399 e. The molecule has 2 heterocycles. The maximum Gasteiger partial charge on any atom is 0.255 e. The lowest BCUT2D eigenvalue weighted by atomic mass is 10.3. The van der Waals surface area contributed by atoms with Crippen molar-refractivity contribution in [2.45, 2.75) is 23.0 Å². The molecule has 2 aromatic carbocycles. The average Bonchev–Trinajstić information content (AvgIpc) is 3.15. The number of rotatable bonds is 3. The lowest BCUT2D eigenvalue weighted by Gasteiger charge is -2.13. The Bertz CT molecular complexity index is 960. The van der Waals surface area contributed by atoms with E-state index in [1.807, 2.05) is 12.1 Å². The normalized spacial score (nSPS) is 19.8. The molecule has 0 aromatic heterocycles. The SMILES string of the molecule is Nc1cccc(SC2CC(=O)N(C3=NN(c4ccccc4)C(=O)C3)C2=O)c1. The van der Waals surface area contributed by atoms with Crippen LogP contribution in [0.25, 0.3) is 0 Å². The van der Waals surface area contributed by atoms with Gasteiger partial charge in [-0.1, -0.05) is 24.3 Å². The number of nitrogens with zero attached hydrogens (tertiary/aromatic N) is 3. The van der Waals surface area contributed by atoms with Gasteiger partial charge >= 0.3 is 0 Å². The van der Waals surface area contributed by atoms with Gasteiger partial charge < -0.3 is 5.73 Å². The number of amidine groups is 1. The Morgan fingerprint density at radius 2 is 1.78 bits per heavy atom. The first-order chi connectivity index (χ1) is 13.0. The highest BCUT2D eigenvalue weighted by molar-refractivity contribution is 8.00. The Hall–Kier alpha value is -3.13. The van der Waals surface area contributed by atoms with Crippen molar-refractivity contribution in [3.05, 3.63) is 54.6 Å². The van der Waals surface area contributed by atoms with Crippen LogP contribution in [0.5, 0.6) is 0 Å². The first-order valence-corrected chi connectivity index (χ1v) is 9.25. The lowest BCUT2D eigenvalue weighted by Crippen LogP contribution is -2.36. The fourth-order valence-electron chi connectivity index (χ4n) is 3.03. The molecule has 2 aliphatic rings. The van der Waals surface area contributed by atoms with E-state index in [0.717, 1.165) is 9.80 Å². The zero-order valence-corrected chi connectivity index (χ0v) is 15.1. The van der Waals surface area contributed by atoms with Crippen LogP contribution < -0.4 is 10.7 Å². The number of carbonyl (C=O) groups is 3. The van der Waals surface area contributed by atoms with Gasteiger partial charge in [0.25, 0.3) is 5.91 Å². The standard InChI is InChI=1S/C19H16N4O3S/c20-12-5-4-8-14(9-12)27-15-10-17(24)22(19(15)26)16-11-18(25)23(21-16)13-6-2-1-3-7-13/h1-9,15H,10-11,20H2. The summed E-state index contributed by atoms with van der Waals surface area (Å²) in [5.74, 6) is -0.796. The van der Waals surface area contributed by atoms with Crippen LogP contribution in [0.1, 0.15) is 12.8 Å². The number of hydrazone groups is 1. The molecule has 7 nitrogen and oxygen atoms in total. The second kappa shape index (κ2) is 6.88. The van der Waals surface area contributed by atoms with Crippen molar-refractivity contribution in [2.75, 3.05) is 10.7 Å². The van der Waals surface area contributed by atoms with E-state index in [1.165, 1.54) is 16.8 Å². The van der Waals surface area contributed by atoms with Crippen molar-refractivity contribution in [3.8, 4) is 0 Å². The van der Waals surface area contributed by atoms with Crippen LogP contribution in [0.4, 0.5) is 11.4 Å². The number of nitrogen functional groups attached to an aromatic ring is 1. The largest absolute Gasteiger partial charge is 0.399 e. The molecule has 1 unspecified atom stereocenters. The van der Waals surface area contributed by atoms with Crippen molar-refractivity contribution < 1.29 is 14.4 Å². The second-order valence-electron chi connectivity index (χ2n) is 6.18. The van der Waals surface area contributed by atoms with Crippen LogP contribution in [-0.2, 0) is 14.4 Å². The van der Waals surface area contributed by atoms with Gasteiger partial charge in [-0.25, -0.2) is 4.90 Å². The molecule has 0 aliphatic carbocycles. The minimum absolute atomic E-state index is 0.0663. The van der Waals surface area contributed by atoms with Gasteiger partial charge in [0.05, 0.1) is 17.4 Å². The van der Waals surface area contributed by atoms with Gasteiger partial charge in [-0.15, -0.1) is 11.8 Å². The van der Waals surface area contributed by atoms with Crippen molar-refractivity contribution >= 4 is 46.7 Å². The molecule has 0 spiro atoms. The van der Waals surface area contributed by atoms with Crippen molar-refractivity contribution in [1.29, 1.82) is 0 Å². The second-order valence-corrected chi connectivity index (χ2v) is 7.46. The quantitative estimate of drug-likeness (QED) is 0.651. The van der Waals surface area contributed by atoms with Crippen molar-refractivity contribution in [2.24, 2.45) is 5.10 Å². The number of imide groups is 1. The van der Waals surface area contributed by atoms with Gasteiger partial charge in [0.2, 0.25) is 11.8 Å². The van der Waals surface area contributed by atoms with Crippen LogP contribution in [0.15, 0.2) is 64.6 Å². The summed E-state index contributed by atoms with van der Waals surface area (Å²) in [6, 6.07) is 16.1. The molecular formula is C19H16N4O3S. The molecule has 2 aliphatic heterocycles. The predicted molar refractivity (Wildman–Crippen MR) is 103 cm³/mol. The van der Waals surface area contributed by atoms with E-state index in [0.29, 0.717) is 11.4 Å². The number of anilines is 2. The van der Waals surface area contributed by atoms with E-state index in [9.17, 15) is 14.4 Å². The smallest absolute Gasteiger partial charge is 0.255 e. The third kappa shape index (κ3) is 3.31. The Labute approximate surface area is 159 Å². The number of para-hydroxylation sites is 1. The topological polar surface area (TPSA) is 96.1 Å². The van der Waals surface area contributed by atoms with Gasteiger partial charge in [0, 0.05) is 17.0 Å². The van der Waals surface area contributed by atoms with Crippen LogP contribution >= 0.6 is 11.8 Å². The van der Waals surface area contributed by atoms with E-state index in [1.54, 1.807) is 42.5 Å². The summed E-state index contributed by atoms with van der Waals surface area (Å²) in [5, 5.41) is 4.91. The van der Waals surface area contributed by atoms with Gasteiger partial charge in [-0.3, -0.25) is 14.4 Å². The highest BCUT2D eigenvalue weighted by Gasteiger charge is 2.44. The van der Waals surface area contributed by atoms with Gasteiger partial charge in [0.15, 0.2) is 0 Å². The molecule has 0 bridgehead atoms. The molecular weight excluding hydrogens is 364 g/mol. The summed E-state index contributed by atoms with van der Waals surface area (Å²) in [6.07, 6.45) is -0.0150. The summed E-state index contributed by atoms with van der Waals surface area (Å²) < 4.78 is 0. The third-order valence-electron chi connectivity index (χ3n) is 4.26. The fraction of sp³-hybridized carbons (Fsp3) is 0.158. The van der Waals surface area contributed by atoms with E-state index in [2.05, 4.69) is 5.10 Å². The monoisotopic (exact) mass is 380 g/mol. The molecule has 3 amide bonds. The minimum atomic E-state index is -0.553. The average molecular weight is 380 g/mol. The van der Waals surface area contributed by atoms with Crippen LogP contribution in [0.3, 0.4) is 0 Å². The van der Waals surface area contributed by atoms with Crippen LogP contribution in [0.2, 0.25) is 0 Å². The number of hydrogen-bond donors (Lipinski definition) is 1. The summed E-state index contributed by atoms with van der Waals surface area (Å²) >= 11 is 1.29. The highest BCUT2D eigenvalue weighted by atomic mass is 32.2. The lowest BCUT2D eigenvalue weighted by molar-refractivity contribution is -0.133. The van der Waals surface area contributed by atoms with E-state index in [4.69, 9.17) is 5.73 Å². The number of nitrogens with two attached hydrogens (primary N) is 1. The van der Waals surface area contributed by atoms with Gasteiger partial charge in [-0.2, -0.15) is 10.1 Å². The molecule has 0 radical (unpaired) electrons. The molecule has 8 heteroatoms. The van der Waals surface area contributed by atoms with Crippen molar-refractivity contribution in [1.82, 2.24) is 4.90 Å². The molecule has 1 fully saturated rings. The number of thioether (sulfide) groups is 1. The molecule has 4 rings (SSSR count). The molecule has 1 saturated heterocycles. The molecule has 1 atom stereocenters. The zero-order chi connectivity index (χ0) is 19.0. The number of benzene rings is 2. The molecule has 0 saturated carbocycles. The van der Waals surface area contributed by atoms with E-state index < -0.39 is 5.25 Å².